The van der Waals surface area contributed by atoms with Crippen molar-refractivity contribution in [2.45, 2.75) is 0 Å². The van der Waals surface area contributed by atoms with Gasteiger partial charge in [-0.1, -0.05) is 66.7 Å². The Morgan fingerprint density at radius 2 is 0.967 bits per heavy atom. The van der Waals surface area contributed by atoms with Crippen molar-refractivity contribution in [3.05, 3.63) is 126 Å². The first-order chi connectivity index (χ1) is 14.7. The Balaban J connectivity index is 1.73. The van der Waals surface area contributed by atoms with Gasteiger partial charge in [0.15, 0.2) is 0 Å². The number of anilines is 3. The molecule has 0 aromatic heterocycles. The van der Waals surface area contributed by atoms with Crippen molar-refractivity contribution < 1.29 is 9.59 Å². The quantitative estimate of drug-likeness (QED) is 0.458. The van der Waals surface area contributed by atoms with E-state index in [1.165, 1.54) is 0 Å². The van der Waals surface area contributed by atoms with Crippen molar-refractivity contribution in [2.75, 3.05) is 10.2 Å². The van der Waals surface area contributed by atoms with Gasteiger partial charge in [0.05, 0.1) is 11.1 Å². The second kappa shape index (κ2) is 8.88. The number of benzene rings is 4. The van der Waals surface area contributed by atoms with Gasteiger partial charge >= 0.3 is 0 Å². The Bertz CT molecular complexity index is 1100. The van der Waals surface area contributed by atoms with Crippen LogP contribution in [0.2, 0.25) is 0 Å². The van der Waals surface area contributed by atoms with E-state index in [1.54, 1.807) is 29.2 Å². The Labute approximate surface area is 175 Å². The second-order valence-corrected chi connectivity index (χ2v) is 6.68. The summed E-state index contributed by atoms with van der Waals surface area (Å²) in [4.78, 5) is 28.2. The van der Waals surface area contributed by atoms with E-state index in [1.807, 2.05) is 91.0 Å². The normalized spacial score (nSPS) is 10.3. The number of nitrogens with zero attached hydrogens (tertiary/aromatic N) is 1. The number of rotatable bonds is 5. The zero-order valence-corrected chi connectivity index (χ0v) is 16.2. The minimum atomic E-state index is -0.328. The molecule has 146 valence electrons. The maximum Gasteiger partial charge on any atom is 0.263 e. The van der Waals surface area contributed by atoms with Crippen molar-refractivity contribution in [1.29, 1.82) is 0 Å². The van der Waals surface area contributed by atoms with E-state index in [-0.39, 0.29) is 11.8 Å². The molecule has 0 atom stereocenters. The SMILES string of the molecule is O=C(Nc1ccccc1)c1ccccc1C(=O)N(c1ccccc1)c1ccccc1. The van der Waals surface area contributed by atoms with E-state index >= 15 is 0 Å². The van der Waals surface area contributed by atoms with Crippen LogP contribution in [0.5, 0.6) is 0 Å². The zero-order chi connectivity index (χ0) is 20.8. The van der Waals surface area contributed by atoms with E-state index in [9.17, 15) is 9.59 Å². The topological polar surface area (TPSA) is 49.4 Å². The molecule has 0 saturated heterocycles. The zero-order valence-electron chi connectivity index (χ0n) is 16.2. The summed E-state index contributed by atoms with van der Waals surface area (Å²) in [6, 6.07) is 34.9. The molecule has 0 fully saturated rings. The predicted octanol–water partition coefficient (Wildman–Crippen LogP) is 5.92. The van der Waals surface area contributed by atoms with E-state index in [0.717, 1.165) is 11.4 Å². The van der Waals surface area contributed by atoms with Crippen LogP contribution in [0.1, 0.15) is 20.7 Å². The molecule has 4 heteroatoms. The third kappa shape index (κ3) is 4.13. The number of carbonyl (C=O) groups is 2. The van der Waals surface area contributed by atoms with E-state index in [2.05, 4.69) is 5.32 Å². The van der Waals surface area contributed by atoms with Crippen LogP contribution in [0, 0.1) is 0 Å². The largest absolute Gasteiger partial charge is 0.322 e. The van der Waals surface area contributed by atoms with Gasteiger partial charge in [-0.2, -0.15) is 0 Å². The Morgan fingerprint density at radius 1 is 0.533 bits per heavy atom. The Kier molecular flexibility index (Phi) is 5.67. The van der Waals surface area contributed by atoms with Crippen molar-refractivity contribution >= 4 is 28.9 Å². The van der Waals surface area contributed by atoms with Crippen LogP contribution in [0.15, 0.2) is 115 Å². The van der Waals surface area contributed by atoms with Crippen LogP contribution in [-0.4, -0.2) is 11.8 Å². The highest BCUT2D eigenvalue weighted by molar-refractivity contribution is 6.18. The highest BCUT2D eigenvalue weighted by atomic mass is 16.2. The van der Waals surface area contributed by atoms with Gasteiger partial charge in [0.2, 0.25) is 0 Å². The molecule has 0 radical (unpaired) electrons. The first kappa shape index (κ1) is 19.2. The van der Waals surface area contributed by atoms with Gasteiger partial charge in [0.1, 0.15) is 0 Å². The molecule has 0 unspecified atom stereocenters. The average Bonchev–Trinajstić information content (AvgIpc) is 2.81. The predicted molar refractivity (Wildman–Crippen MR) is 120 cm³/mol. The highest BCUT2D eigenvalue weighted by Crippen LogP contribution is 2.28. The minimum absolute atomic E-state index is 0.272. The summed E-state index contributed by atoms with van der Waals surface area (Å²) < 4.78 is 0. The molecule has 0 bridgehead atoms. The van der Waals surface area contributed by atoms with Crippen LogP contribution >= 0.6 is 0 Å². The van der Waals surface area contributed by atoms with Crippen molar-refractivity contribution in [3.8, 4) is 0 Å². The van der Waals surface area contributed by atoms with Crippen LogP contribution < -0.4 is 10.2 Å². The summed E-state index contributed by atoms with van der Waals surface area (Å²) in [6.45, 7) is 0. The summed E-state index contributed by atoms with van der Waals surface area (Å²) in [5, 5.41) is 2.86. The Morgan fingerprint density at radius 3 is 1.50 bits per heavy atom. The molecule has 0 aliphatic rings. The third-order valence-corrected chi connectivity index (χ3v) is 4.67. The number of amides is 2. The van der Waals surface area contributed by atoms with Gasteiger partial charge in [-0.3, -0.25) is 14.5 Å². The molecule has 0 saturated carbocycles. The van der Waals surface area contributed by atoms with Crippen molar-refractivity contribution in [1.82, 2.24) is 0 Å². The number of hydrogen-bond acceptors (Lipinski definition) is 2. The molecule has 4 aromatic carbocycles. The summed E-state index contributed by atoms with van der Waals surface area (Å²) in [6.07, 6.45) is 0. The minimum Gasteiger partial charge on any atom is -0.322 e. The first-order valence-corrected chi connectivity index (χ1v) is 9.64. The van der Waals surface area contributed by atoms with Gasteiger partial charge in [-0.15, -0.1) is 0 Å². The molecule has 0 spiro atoms. The lowest BCUT2D eigenvalue weighted by atomic mass is 10.0. The molecule has 0 aliphatic heterocycles. The molecular weight excluding hydrogens is 372 g/mol. The van der Waals surface area contributed by atoms with Gasteiger partial charge in [0, 0.05) is 17.1 Å². The molecule has 4 rings (SSSR count). The van der Waals surface area contributed by atoms with Crippen LogP contribution in [0.4, 0.5) is 17.1 Å². The van der Waals surface area contributed by atoms with Crippen LogP contribution in [-0.2, 0) is 0 Å². The van der Waals surface area contributed by atoms with Crippen LogP contribution in [0.25, 0.3) is 0 Å². The fourth-order valence-electron chi connectivity index (χ4n) is 3.25. The number of hydrogen-bond donors (Lipinski definition) is 1. The van der Waals surface area contributed by atoms with E-state index in [4.69, 9.17) is 0 Å². The first-order valence-electron chi connectivity index (χ1n) is 9.64. The molecule has 30 heavy (non-hydrogen) atoms. The lowest BCUT2D eigenvalue weighted by Crippen LogP contribution is -2.28. The van der Waals surface area contributed by atoms with Crippen molar-refractivity contribution in [3.63, 3.8) is 0 Å². The molecular formula is C26H20N2O2. The monoisotopic (exact) mass is 392 g/mol. The fraction of sp³-hybridized carbons (Fsp3) is 0. The lowest BCUT2D eigenvalue weighted by molar-refractivity contribution is 0.0976. The van der Waals surface area contributed by atoms with E-state index in [0.29, 0.717) is 16.8 Å². The maximum absolute atomic E-state index is 13.7. The standard InChI is InChI=1S/C26H20N2O2/c29-25(27-20-12-4-1-5-13-20)23-18-10-11-19-24(23)26(30)28(21-14-6-2-7-15-21)22-16-8-3-9-17-22/h1-19H,(H,27,29). The third-order valence-electron chi connectivity index (χ3n) is 4.67. The highest BCUT2D eigenvalue weighted by Gasteiger charge is 2.24. The summed E-state index contributed by atoms with van der Waals surface area (Å²) in [7, 11) is 0. The molecule has 1 N–H and O–H groups in total. The summed E-state index contributed by atoms with van der Waals surface area (Å²) in [5.41, 5.74) is 2.79. The Hall–Kier alpha value is -4.18. The molecule has 0 heterocycles. The maximum atomic E-state index is 13.7. The summed E-state index contributed by atoms with van der Waals surface area (Å²) >= 11 is 0. The van der Waals surface area contributed by atoms with Gasteiger partial charge < -0.3 is 5.32 Å². The smallest absolute Gasteiger partial charge is 0.263 e. The second-order valence-electron chi connectivity index (χ2n) is 6.68. The average molecular weight is 392 g/mol. The van der Waals surface area contributed by atoms with Gasteiger partial charge in [-0.25, -0.2) is 0 Å². The lowest BCUT2D eigenvalue weighted by Gasteiger charge is -2.24. The molecule has 4 aromatic rings. The molecule has 4 nitrogen and oxygen atoms in total. The number of carbonyl (C=O) groups excluding carboxylic acids is 2. The number of nitrogens with one attached hydrogen (secondary N) is 1. The number of para-hydroxylation sites is 3. The molecule has 0 aliphatic carbocycles. The summed E-state index contributed by atoms with van der Waals surface area (Å²) in [5.74, 6) is -0.600. The van der Waals surface area contributed by atoms with Crippen molar-refractivity contribution in [2.24, 2.45) is 0 Å². The van der Waals surface area contributed by atoms with Crippen LogP contribution in [0.3, 0.4) is 0 Å². The van der Waals surface area contributed by atoms with Gasteiger partial charge in [0.25, 0.3) is 11.8 Å². The fourth-order valence-corrected chi connectivity index (χ4v) is 3.25. The molecule has 2 amide bonds. The van der Waals surface area contributed by atoms with E-state index < -0.39 is 0 Å². The van der Waals surface area contributed by atoms with Gasteiger partial charge in [-0.05, 0) is 48.5 Å².